The molecule has 0 saturated heterocycles. The molecule has 0 bridgehead atoms. The van der Waals surface area contributed by atoms with Gasteiger partial charge in [0.05, 0.1) is 6.61 Å². The van der Waals surface area contributed by atoms with Crippen LogP contribution in [0.2, 0.25) is 0 Å². The minimum atomic E-state index is 0.573. The second-order valence-electron chi connectivity index (χ2n) is 2.80. The van der Waals surface area contributed by atoms with Crippen molar-refractivity contribution in [3.63, 3.8) is 0 Å². The minimum absolute atomic E-state index is 0.573. The molecule has 0 aliphatic carbocycles. The van der Waals surface area contributed by atoms with Crippen molar-refractivity contribution in [2.75, 3.05) is 27.4 Å². The highest BCUT2D eigenvalue weighted by molar-refractivity contribution is 5.79. The molecule has 0 aliphatic rings. The summed E-state index contributed by atoms with van der Waals surface area (Å²) in [6, 6.07) is 7.79. The van der Waals surface area contributed by atoms with Gasteiger partial charge in [0.1, 0.15) is 12.4 Å². The molecule has 0 aromatic heterocycles. The number of aliphatic imine (C=N–C) groups is 1. The van der Waals surface area contributed by atoms with Gasteiger partial charge in [-0.25, -0.2) is 0 Å². The first-order chi connectivity index (χ1) is 6.86. The summed E-state index contributed by atoms with van der Waals surface area (Å²) in [4.78, 5) is 3.94. The molecule has 3 heteroatoms. The van der Waals surface area contributed by atoms with E-state index < -0.39 is 0 Å². The van der Waals surface area contributed by atoms with Crippen molar-refractivity contribution in [3.05, 3.63) is 29.8 Å². The van der Waals surface area contributed by atoms with Crippen LogP contribution in [0.15, 0.2) is 29.3 Å². The second kappa shape index (κ2) is 6.16. The maximum absolute atomic E-state index is 5.45. The first kappa shape index (κ1) is 10.7. The first-order valence-corrected chi connectivity index (χ1v) is 4.51. The van der Waals surface area contributed by atoms with E-state index in [-0.39, 0.29) is 0 Å². The summed E-state index contributed by atoms with van der Waals surface area (Å²) >= 11 is 0. The lowest BCUT2D eigenvalue weighted by atomic mass is 10.2. The summed E-state index contributed by atoms with van der Waals surface area (Å²) in [5.74, 6) is 0.847. The zero-order valence-electron chi connectivity index (χ0n) is 8.56. The van der Waals surface area contributed by atoms with Gasteiger partial charge < -0.3 is 9.47 Å². The average Bonchev–Trinajstić information content (AvgIpc) is 2.19. The molecular weight excluding hydrogens is 178 g/mol. The van der Waals surface area contributed by atoms with Crippen LogP contribution < -0.4 is 4.74 Å². The number of hydrogen-bond donors (Lipinski definition) is 0. The van der Waals surface area contributed by atoms with E-state index in [9.17, 15) is 0 Å². The van der Waals surface area contributed by atoms with Crippen LogP contribution in [0, 0.1) is 0 Å². The molecule has 0 fully saturated rings. The van der Waals surface area contributed by atoms with Crippen LogP contribution in [0.25, 0.3) is 0 Å². The first-order valence-electron chi connectivity index (χ1n) is 4.51. The molecule has 1 aromatic carbocycles. The SMILES string of the molecule is C/N=C/c1cccc(OCCOC)c1. The number of rotatable bonds is 5. The van der Waals surface area contributed by atoms with E-state index >= 15 is 0 Å². The predicted molar refractivity (Wildman–Crippen MR) is 57.3 cm³/mol. The highest BCUT2D eigenvalue weighted by atomic mass is 16.5. The topological polar surface area (TPSA) is 30.8 Å². The summed E-state index contributed by atoms with van der Waals surface area (Å²) in [5.41, 5.74) is 1.04. The molecule has 0 amide bonds. The fraction of sp³-hybridized carbons (Fsp3) is 0.364. The fourth-order valence-electron chi connectivity index (χ4n) is 1.08. The van der Waals surface area contributed by atoms with Crippen molar-refractivity contribution in [1.82, 2.24) is 0 Å². The molecule has 1 aromatic rings. The number of nitrogens with zero attached hydrogens (tertiary/aromatic N) is 1. The Kier molecular flexibility index (Phi) is 4.72. The monoisotopic (exact) mass is 193 g/mol. The van der Waals surface area contributed by atoms with Crippen molar-refractivity contribution in [1.29, 1.82) is 0 Å². The van der Waals surface area contributed by atoms with Gasteiger partial charge in [-0.3, -0.25) is 4.99 Å². The normalized spacial score (nSPS) is 10.7. The smallest absolute Gasteiger partial charge is 0.120 e. The second-order valence-corrected chi connectivity index (χ2v) is 2.80. The molecule has 3 nitrogen and oxygen atoms in total. The van der Waals surface area contributed by atoms with Crippen LogP contribution in [0.3, 0.4) is 0 Å². The number of hydrogen-bond acceptors (Lipinski definition) is 3. The third-order valence-corrected chi connectivity index (χ3v) is 1.69. The summed E-state index contributed by atoms with van der Waals surface area (Å²) < 4.78 is 10.3. The Morgan fingerprint density at radius 2 is 2.21 bits per heavy atom. The maximum atomic E-state index is 5.45. The molecule has 0 aliphatic heterocycles. The fourth-order valence-corrected chi connectivity index (χ4v) is 1.08. The zero-order valence-corrected chi connectivity index (χ0v) is 8.56. The molecule has 0 N–H and O–H groups in total. The van der Waals surface area contributed by atoms with Gasteiger partial charge in [-0.15, -0.1) is 0 Å². The summed E-state index contributed by atoms with van der Waals surface area (Å²) in [7, 11) is 3.40. The molecule has 0 saturated carbocycles. The van der Waals surface area contributed by atoms with Crippen LogP contribution in [0.4, 0.5) is 0 Å². The number of methoxy groups -OCH3 is 1. The quantitative estimate of drug-likeness (QED) is 0.527. The predicted octanol–water partition coefficient (Wildman–Crippen LogP) is 1.76. The van der Waals surface area contributed by atoms with E-state index in [1.807, 2.05) is 24.3 Å². The lowest BCUT2D eigenvalue weighted by Gasteiger charge is -2.05. The molecule has 76 valence electrons. The summed E-state index contributed by atoms with van der Waals surface area (Å²) in [6.07, 6.45) is 1.79. The number of benzene rings is 1. The lowest BCUT2D eigenvalue weighted by Crippen LogP contribution is -2.04. The molecule has 1 rings (SSSR count). The molecule has 0 atom stereocenters. The third kappa shape index (κ3) is 3.58. The van der Waals surface area contributed by atoms with Gasteiger partial charge in [0.15, 0.2) is 0 Å². The standard InChI is InChI=1S/C11H15NO2/c1-12-9-10-4-3-5-11(8-10)14-7-6-13-2/h3-5,8-9H,6-7H2,1-2H3/b12-9+. The van der Waals surface area contributed by atoms with Crippen molar-refractivity contribution < 1.29 is 9.47 Å². The van der Waals surface area contributed by atoms with Gasteiger partial charge in [0.25, 0.3) is 0 Å². The van der Waals surface area contributed by atoms with E-state index in [1.165, 1.54) is 0 Å². The molecule has 0 spiro atoms. The van der Waals surface area contributed by atoms with Crippen molar-refractivity contribution >= 4 is 6.21 Å². The van der Waals surface area contributed by atoms with E-state index in [4.69, 9.17) is 9.47 Å². The molecule has 14 heavy (non-hydrogen) atoms. The van der Waals surface area contributed by atoms with E-state index in [0.29, 0.717) is 13.2 Å². The zero-order chi connectivity index (χ0) is 10.2. The Morgan fingerprint density at radius 1 is 1.36 bits per heavy atom. The van der Waals surface area contributed by atoms with Crippen LogP contribution in [0.5, 0.6) is 5.75 Å². The molecule has 0 radical (unpaired) electrons. The largest absolute Gasteiger partial charge is 0.491 e. The summed E-state index contributed by atoms with van der Waals surface area (Å²) in [5, 5.41) is 0. The molecular formula is C11H15NO2. The van der Waals surface area contributed by atoms with E-state index in [2.05, 4.69) is 4.99 Å². The Labute approximate surface area is 84.4 Å². The van der Waals surface area contributed by atoms with E-state index in [0.717, 1.165) is 11.3 Å². The van der Waals surface area contributed by atoms with Crippen LogP contribution in [-0.4, -0.2) is 33.6 Å². The highest BCUT2D eigenvalue weighted by Gasteiger charge is 1.94. The maximum Gasteiger partial charge on any atom is 0.120 e. The van der Waals surface area contributed by atoms with Gasteiger partial charge >= 0.3 is 0 Å². The minimum Gasteiger partial charge on any atom is -0.491 e. The lowest BCUT2D eigenvalue weighted by molar-refractivity contribution is 0.146. The van der Waals surface area contributed by atoms with Crippen molar-refractivity contribution in [2.24, 2.45) is 4.99 Å². The van der Waals surface area contributed by atoms with Crippen LogP contribution in [0.1, 0.15) is 5.56 Å². The highest BCUT2D eigenvalue weighted by Crippen LogP contribution is 2.11. The summed E-state index contributed by atoms with van der Waals surface area (Å²) in [6.45, 7) is 1.18. The molecule has 0 heterocycles. The van der Waals surface area contributed by atoms with Gasteiger partial charge in [0.2, 0.25) is 0 Å². The Bertz CT molecular complexity index is 297. The van der Waals surface area contributed by atoms with Gasteiger partial charge in [-0.2, -0.15) is 0 Å². The van der Waals surface area contributed by atoms with Crippen molar-refractivity contribution in [3.8, 4) is 5.75 Å². The van der Waals surface area contributed by atoms with Gasteiger partial charge in [-0.05, 0) is 17.7 Å². The number of ether oxygens (including phenoxy) is 2. The van der Waals surface area contributed by atoms with Gasteiger partial charge in [-0.1, -0.05) is 12.1 Å². The van der Waals surface area contributed by atoms with Crippen molar-refractivity contribution in [2.45, 2.75) is 0 Å². The van der Waals surface area contributed by atoms with E-state index in [1.54, 1.807) is 20.4 Å². The Balaban J connectivity index is 2.54. The Hall–Kier alpha value is -1.35. The van der Waals surface area contributed by atoms with Crippen LogP contribution >= 0.6 is 0 Å². The Morgan fingerprint density at radius 3 is 2.93 bits per heavy atom. The average molecular weight is 193 g/mol. The third-order valence-electron chi connectivity index (χ3n) is 1.69. The van der Waals surface area contributed by atoms with Gasteiger partial charge in [0, 0.05) is 20.4 Å². The van der Waals surface area contributed by atoms with Crippen LogP contribution in [-0.2, 0) is 4.74 Å². The molecule has 0 unspecified atom stereocenters.